The third-order valence-corrected chi connectivity index (χ3v) is 3.72. The molecule has 0 aliphatic rings. The van der Waals surface area contributed by atoms with Crippen LogP contribution in [0, 0.1) is 5.82 Å². The predicted molar refractivity (Wildman–Crippen MR) is 74.2 cm³/mol. The van der Waals surface area contributed by atoms with E-state index in [0.717, 1.165) is 12.3 Å². The summed E-state index contributed by atoms with van der Waals surface area (Å²) in [5, 5.41) is 2.81. The number of hydrogen-bond acceptors (Lipinski definition) is 2. The Kier molecular flexibility index (Phi) is 4.63. The van der Waals surface area contributed by atoms with E-state index in [9.17, 15) is 17.6 Å². The molecule has 1 heterocycles. The van der Waals surface area contributed by atoms with Crippen molar-refractivity contribution in [3.8, 4) is 0 Å². The molecule has 112 valence electrons. The first kappa shape index (κ1) is 15.9. The number of halogens is 5. The molecule has 7 heteroatoms. The van der Waals surface area contributed by atoms with Gasteiger partial charge in [0.25, 0.3) is 0 Å². The summed E-state index contributed by atoms with van der Waals surface area (Å²) in [6.07, 6.45) is -2.22. The second-order valence-electron chi connectivity index (χ2n) is 4.35. The van der Waals surface area contributed by atoms with Crippen molar-refractivity contribution >= 4 is 15.9 Å². The minimum Gasteiger partial charge on any atom is -0.309 e. The SMILES string of the molecule is CNC(c1ccc(F)cc1Br)c1cnccc1C(F)(F)F. The van der Waals surface area contributed by atoms with E-state index in [1.165, 1.54) is 31.4 Å². The molecule has 1 aromatic carbocycles. The van der Waals surface area contributed by atoms with Crippen LogP contribution < -0.4 is 5.32 Å². The van der Waals surface area contributed by atoms with E-state index >= 15 is 0 Å². The van der Waals surface area contributed by atoms with Crippen molar-refractivity contribution in [1.82, 2.24) is 10.3 Å². The highest BCUT2D eigenvalue weighted by molar-refractivity contribution is 9.10. The fourth-order valence-corrected chi connectivity index (χ4v) is 2.69. The van der Waals surface area contributed by atoms with Gasteiger partial charge in [0, 0.05) is 22.4 Å². The van der Waals surface area contributed by atoms with Crippen molar-refractivity contribution < 1.29 is 17.6 Å². The zero-order valence-electron chi connectivity index (χ0n) is 10.9. The number of hydrogen-bond donors (Lipinski definition) is 1. The highest BCUT2D eigenvalue weighted by Crippen LogP contribution is 2.37. The van der Waals surface area contributed by atoms with Gasteiger partial charge >= 0.3 is 6.18 Å². The molecule has 0 spiro atoms. The first-order valence-corrected chi connectivity index (χ1v) is 6.77. The van der Waals surface area contributed by atoms with Crippen molar-refractivity contribution in [2.75, 3.05) is 7.05 Å². The van der Waals surface area contributed by atoms with Gasteiger partial charge in [0.15, 0.2) is 0 Å². The lowest BCUT2D eigenvalue weighted by molar-refractivity contribution is -0.138. The van der Waals surface area contributed by atoms with Gasteiger partial charge in [0.1, 0.15) is 5.82 Å². The molecule has 1 unspecified atom stereocenters. The summed E-state index contributed by atoms with van der Waals surface area (Å²) in [5.74, 6) is -0.470. The molecule has 1 aromatic heterocycles. The Labute approximate surface area is 127 Å². The minimum atomic E-state index is -4.49. The lowest BCUT2D eigenvalue weighted by Gasteiger charge is -2.22. The van der Waals surface area contributed by atoms with Crippen molar-refractivity contribution in [2.24, 2.45) is 0 Å². The van der Waals surface area contributed by atoms with Crippen LogP contribution in [0.4, 0.5) is 17.6 Å². The largest absolute Gasteiger partial charge is 0.416 e. The van der Waals surface area contributed by atoms with Gasteiger partial charge in [0.2, 0.25) is 0 Å². The van der Waals surface area contributed by atoms with Gasteiger partial charge in [0.05, 0.1) is 11.6 Å². The van der Waals surface area contributed by atoms with Gasteiger partial charge in [-0.3, -0.25) is 4.98 Å². The topological polar surface area (TPSA) is 24.9 Å². The van der Waals surface area contributed by atoms with E-state index in [1.807, 2.05) is 0 Å². The summed E-state index contributed by atoms with van der Waals surface area (Å²) in [7, 11) is 1.54. The van der Waals surface area contributed by atoms with Gasteiger partial charge in [-0.1, -0.05) is 22.0 Å². The molecule has 0 bridgehead atoms. The Hall–Kier alpha value is -1.47. The van der Waals surface area contributed by atoms with E-state index in [2.05, 4.69) is 26.2 Å². The van der Waals surface area contributed by atoms with Crippen molar-refractivity contribution in [3.63, 3.8) is 0 Å². The molecule has 0 aliphatic carbocycles. The Balaban J connectivity index is 2.57. The maximum Gasteiger partial charge on any atom is 0.416 e. The number of aromatic nitrogens is 1. The molecule has 0 saturated carbocycles. The maximum atomic E-state index is 13.1. The Bertz CT molecular complexity index is 643. The molecule has 2 nitrogen and oxygen atoms in total. The highest BCUT2D eigenvalue weighted by atomic mass is 79.9. The first-order valence-electron chi connectivity index (χ1n) is 5.98. The van der Waals surface area contributed by atoms with E-state index in [4.69, 9.17) is 0 Å². The molecule has 0 fully saturated rings. The highest BCUT2D eigenvalue weighted by Gasteiger charge is 2.35. The number of alkyl halides is 3. The van der Waals surface area contributed by atoms with Crippen LogP contribution in [-0.2, 0) is 6.18 Å². The van der Waals surface area contributed by atoms with E-state index < -0.39 is 23.6 Å². The smallest absolute Gasteiger partial charge is 0.309 e. The molecular weight excluding hydrogens is 352 g/mol. The molecule has 0 aliphatic heterocycles. The fraction of sp³-hybridized carbons (Fsp3) is 0.214. The molecule has 21 heavy (non-hydrogen) atoms. The minimum absolute atomic E-state index is 0.0141. The number of rotatable bonds is 3. The van der Waals surface area contributed by atoms with Gasteiger partial charge in [-0.2, -0.15) is 13.2 Å². The van der Waals surface area contributed by atoms with E-state index in [1.54, 1.807) is 0 Å². The number of pyridine rings is 1. The molecule has 2 rings (SSSR count). The Morgan fingerprint density at radius 1 is 1.19 bits per heavy atom. The molecule has 1 atom stereocenters. The lowest BCUT2D eigenvalue weighted by Crippen LogP contribution is -2.22. The molecular formula is C14H11BrF4N2. The standard InChI is InChI=1S/C14H11BrF4N2/c1-20-13(9-3-2-8(16)6-12(9)15)10-7-21-5-4-11(10)14(17,18)19/h2-7,13,20H,1H3. The van der Waals surface area contributed by atoms with Crippen LogP contribution in [0.25, 0.3) is 0 Å². The predicted octanol–water partition coefficient (Wildman–Crippen LogP) is 4.31. The summed E-state index contributed by atoms with van der Waals surface area (Å²) in [5.41, 5.74) is -0.287. The third-order valence-electron chi connectivity index (χ3n) is 3.03. The van der Waals surface area contributed by atoms with E-state index in [0.29, 0.717) is 10.0 Å². The monoisotopic (exact) mass is 362 g/mol. The summed E-state index contributed by atoms with van der Waals surface area (Å²) in [4.78, 5) is 3.77. The van der Waals surface area contributed by atoms with Gasteiger partial charge in [-0.05, 0) is 30.8 Å². The Morgan fingerprint density at radius 3 is 2.48 bits per heavy atom. The number of benzene rings is 1. The zero-order valence-corrected chi connectivity index (χ0v) is 12.5. The van der Waals surface area contributed by atoms with Crippen LogP contribution in [0.1, 0.15) is 22.7 Å². The molecule has 0 radical (unpaired) electrons. The Morgan fingerprint density at radius 2 is 1.90 bits per heavy atom. The van der Waals surface area contributed by atoms with Crippen LogP contribution >= 0.6 is 15.9 Å². The number of nitrogens with one attached hydrogen (secondary N) is 1. The van der Waals surface area contributed by atoms with Gasteiger partial charge < -0.3 is 5.32 Å². The van der Waals surface area contributed by atoms with E-state index in [-0.39, 0.29) is 5.56 Å². The summed E-state index contributed by atoms with van der Waals surface area (Å²) >= 11 is 3.18. The first-order chi connectivity index (χ1) is 9.84. The van der Waals surface area contributed by atoms with Crippen LogP contribution in [0.3, 0.4) is 0 Å². The quantitative estimate of drug-likeness (QED) is 0.823. The average Bonchev–Trinajstić information content (AvgIpc) is 2.41. The van der Waals surface area contributed by atoms with Crippen molar-refractivity contribution in [3.05, 3.63) is 63.6 Å². The van der Waals surface area contributed by atoms with Crippen molar-refractivity contribution in [1.29, 1.82) is 0 Å². The normalized spacial score (nSPS) is 13.2. The summed E-state index contributed by atoms with van der Waals surface area (Å²) < 4.78 is 52.8. The second-order valence-corrected chi connectivity index (χ2v) is 5.20. The molecule has 0 amide bonds. The van der Waals surface area contributed by atoms with Crippen molar-refractivity contribution in [2.45, 2.75) is 12.2 Å². The van der Waals surface area contributed by atoms with Crippen LogP contribution in [0.15, 0.2) is 41.1 Å². The second kappa shape index (κ2) is 6.11. The van der Waals surface area contributed by atoms with Gasteiger partial charge in [-0.25, -0.2) is 4.39 Å². The van der Waals surface area contributed by atoms with Gasteiger partial charge in [-0.15, -0.1) is 0 Å². The summed E-state index contributed by atoms with van der Waals surface area (Å²) in [6.45, 7) is 0. The van der Waals surface area contributed by atoms with Crippen LogP contribution in [-0.4, -0.2) is 12.0 Å². The molecule has 2 aromatic rings. The van der Waals surface area contributed by atoms with Crippen LogP contribution in [0.5, 0.6) is 0 Å². The number of nitrogens with zero attached hydrogens (tertiary/aromatic N) is 1. The third kappa shape index (κ3) is 3.41. The molecule has 1 N–H and O–H groups in total. The zero-order chi connectivity index (χ0) is 15.6. The maximum absolute atomic E-state index is 13.1. The summed E-state index contributed by atoms with van der Waals surface area (Å²) in [6, 6.07) is 4.02. The fourth-order valence-electron chi connectivity index (χ4n) is 2.11. The molecule has 0 saturated heterocycles. The average molecular weight is 363 g/mol. The lowest BCUT2D eigenvalue weighted by atomic mass is 9.96. The van der Waals surface area contributed by atoms with Crippen LogP contribution in [0.2, 0.25) is 0 Å².